The minimum atomic E-state index is -1.53. The van der Waals surface area contributed by atoms with Crippen molar-refractivity contribution in [3.8, 4) is 11.5 Å². The van der Waals surface area contributed by atoms with Crippen molar-refractivity contribution in [3.63, 3.8) is 0 Å². The van der Waals surface area contributed by atoms with E-state index >= 15 is 0 Å². The zero-order valence-corrected chi connectivity index (χ0v) is 12.5. The van der Waals surface area contributed by atoms with Crippen LogP contribution >= 0.6 is 0 Å². The first-order valence-corrected chi connectivity index (χ1v) is 6.70. The Hall–Kier alpha value is -3.48. The second-order valence-electron chi connectivity index (χ2n) is 4.61. The molecule has 7 heteroatoms. The van der Waals surface area contributed by atoms with Crippen molar-refractivity contribution in [2.75, 3.05) is 7.11 Å². The Morgan fingerprint density at radius 3 is 1.54 bits per heavy atom. The van der Waals surface area contributed by atoms with Crippen molar-refractivity contribution in [1.82, 2.24) is 0 Å². The van der Waals surface area contributed by atoms with Gasteiger partial charge in [-0.1, -0.05) is 0 Å². The minimum Gasteiger partial charge on any atom is -0.475 e. The first-order chi connectivity index (χ1) is 11.4. The maximum atomic E-state index is 11.6. The zero-order valence-electron chi connectivity index (χ0n) is 12.5. The van der Waals surface area contributed by atoms with Crippen molar-refractivity contribution in [1.29, 1.82) is 0 Å². The average Bonchev–Trinajstić information content (AvgIpc) is 2.61. The Balaban J connectivity index is 2.09. The molecule has 0 aliphatic heterocycles. The van der Waals surface area contributed by atoms with Gasteiger partial charge >= 0.3 is 11.9 Å². The second-order valence-corrected chi connectivity index (χ2v) is 4.61. The van der Waals surface area contributed by atoms with Gasteiger partial charge in [0.1, 0.15) is 11.5 Å². The Morgan fingerprint density at radius 1 is 0.750 bits per heavy atom. The number of Topliss-reactive ketones (excluding diaryl/α,β-unsaturated/α-hetero) is 2. The van der Waals surface area contributed by atoms with Gasteiger partial charge < -0.3 is 14.6 Å². The Morgan fingerprint density at radius 2 is 1.17 bits per heavy atom. The number of methoxy groups -OCH3 is 1. The molecular weight excluding hydrogens is 316 g/mol. The molecule has 0 amide bonds. The van der Waals surface area contributed by atoms with Gasteiger partial charge in [-0.15, -0.1) is 0 Å². The standard InChI is InChI=1S/C17H12O7/c1-23-17(22)15(19)11-4-8-13(9-5-11)24-12-6-2-10(3-7-12)14(18)16(20)21/h2-9H,1H3,(H,20,21). The monoisotopic (exact) mass is 328 g/mol. The summed E-state index contributed by atoms with van der Waals surface area (Å²) in [6.45, 7) is 0. The number of esters is 1. The number of aliphatic carboxylic acids is 1. The third-order valence-electron chi connectivity index (χ3n) is 3.03. The van der Waals surface area contributed by atoms with E-state index in [0.717, 1.165) is 7.11 Å². The van der Waals surface area contributed by atoms with Gasteiger partial charge in [-0.2, -0.15) is 0 Å². The lowest BCUT2D eigenvalue weighted by Gasteiger charge is -2.07. The number of carbonyl (C=O) groups excluding carboxylic acids is 3. The maximum Gasteiger partial charge on any atom is 0.379 e. The number of rotatable bonds is 6. The van der Waals surface area contributed by atoms with Crippen molar-refractivity contribution < 1.29 is 33.8 Å². The highest BCUT2D eigenvalue weighted by Gasteiger charge is 2.16. The van der Waals surface area contributed by atoms with E-state index in [1.165, 1.54) is 48.5 Å². The highest BCUT2D eigenvalue weighted by Crippen LogP contribution is 2.22. The lowest BCUT2D eigenvalue weighted by atomic mass is 10.1. The van der Waals surface area contributed by atoms with Crippen LogP contribution in [0.25, 0.3) is 0 Å². The van der Waals surface area contributed by atoms with Crippen molar-refractivity contribution in [2.24, 2.45) is 0 Å². The number of carboxylic acid groups (broad SMARTS) is 1. The van der Waals surface area contributed by atoms with E-state index in [0.29, 0.717) is 11.5 Å². The number of ether oxygens (including phenoxy) is 2. The summed E-state index contributed by atoms with van der Waals surface area (Å²) < 4.78 is 9.86. The predicted octanol–water partition coefficient (Wildman–Crippen LogP) is 2.10. The van der Waals surface area contributed by atoms with Gasteiger partial charge in [0, 0.05) is 11.1 Å². The van der Waals surface area contributed by atoms with E-state index in [-0.39, 0.29) is 11.1 Å². The number of hydrogen-bond acceptors (Lipinski definition) is 6. The lowest BCUT2D eigenvalue weighted by Crippen LogP contribution is -2.15. The van der Waals surface area contributed by atoms with Gasteiger partial charge in [0.2, 0.25) is 0 Å². The molecule has 0 saturated carbocycles. The van der Waals surface area contributed by atoms with Crippen LogP contribution < -0.4 is 4.74 Å². The van der Waals surface area contributed by atoms with Gasteiger partial charge in [-0.05, 0) is 48.5 Å². The molecule has 0 fully saturated rings. The zero-order chi connectivity index (χ0) is 17.7. The van der Waals surface area contributed by atoms with Crippen molar-refractivity contribution in [2.45, 2.75) is 0 Å². The molecule has 2 aromatic carbocycles. The third-order valence-corrected chi connectivity index (χ3v) is 3.03. The summed E-state index contributed by atoms with van der Waals surface area (Å²) in [5.74, 6) is -3.48. The van der Waals surface area contributed by atoms with Crippen LogP contribution in [0.5, 0.6) is 11.5 Å². The van der Waals surface area contributed by atoms with Gasteiger partial charge in [0.25, 0.3) is 11.6 Å². The molecule has 2 aromatic rings. The van der Waals surface area contributed by atoms with Gasteiger partial charge in [-0.25, -0.2) is 9.59 Å². The molecule has 0 heterocycles. The molecule has 1 N–H and O–H groups in total. The van der Waals surface area contributed by atoms with Gasteiger partial charge in [-0.3, -0.25) is 9.59 Å². The van der Waals surface area contributed by atoms with Crippen molar-refractivity contribution in [3.05, 3.63) is 59.7 Å². The topological polar surface area (TPSA) is 107 Å². The maximum absolute atomic E-state index is 11.6. The molecule has 0 bridgehead atoms. The lowest BCUT2D eigenvalue weighted by molar-refractivity contribution is -0.135. The quantitative estimate of drug-likeness (QED) is 0.491. The molecule has 0 aliphatic carbocycles. The Bertz CT molecular complexity index is 789. The minimum absolute atomic E-state index is 0.0360. The summed E-state index contributed by atoms with van der Waals surface area (Å²) in [6, 6.07) is 11.4. The summed E-state index contributed by atoms with van der Waals surface area (Å²) >= 11 is 0. The van der Waals surface area contributed by atoms with Crippen LogP contribution in [-0.2, 0) is 14.3 Å². The van der Waals surface area contributed by atoms with E-state index in [2.05, 4.69) is 4.74 Å². The number of benzene rings is 2. The van der Waals surface area contributed by atoms with Crippen LogP contribution in [0, 0.1) is 0 Å². The molecule has 7 nitrogen and oxygen atoms in total. The van der Waals surface area contributed by atoms with Crippen LogP contribution in [0.1, 0.15) is 20.7 Å². The highest BCUT2D eigenvalue weighted by molar-refractivity contribution is 6.40. The van der Waals surface area contributed by atoms with Gasteiger partial charge in [0.15, 0.2) is 0 Å². The summed E-state index contributed by atoms with van der Waals surface area (Å²) in [5, 5.41) is 8.63. The van der Waals surface area contributed by atoms with E-state index in [4.69, 9.17) is 9.84 Å². The molecule has 2 rings (SSSR count). The number of carboxylic acids is 1. The predicted molar refractivity (Wildman–Crippen MR) is 81.3 cm³/mol. The Labute approximate surface area is 136 Å². The summed E-state index contributed by atoms with van der Waals surface area (Å²) in [5.41, 5.74) is 0.200. The molecular formula is C17H12O7. The average molecular weight is 328 g/mol. The van der Waals surface area contributed by atoms with Crippen LogP contribution in [-0.4, -0.2) is 35.7 Å². The van der Waals surface area contributed by atoms with Crippen LogP contribution in [0.2, 0.25) is 0 Å². The van der Waals surface area contributed by atoms with E-state index in [1.807, 2.05) is 0 Å². The summed E-state index contributed by atoms with van der Waals surface area (Å²) in [4.78, 5) is 44.6. The number of hydrogen-bond donors (Lipinski definition) is 1. The molecule has 122 valence electrons. The molecule has 0 unspecified atom stereocenters. The first kappa shape index (κ1) is 16.9. The molecule has 0 spiro atoms. The van der Waals surface area contributed by atoms with E-state index in [9.17, 15) is 19.2 Å². The fourth-order valence-electron chi connectivity index (χ4n) is 1.82. The summed E-state index contributed by atoms with van der Waals surface area (Å²) in [6.07, 6.45) is 0. The number of carbonyl (C=O) groups is 4. The number of ketones is 2. The van der Waals surface area contributed by atoms with Crippen LogP contribution in [0.3, 0.4) is 0 Å². The van der Waals surface area contributed by atoms with Crippen LogP contribution in [0.15, 0.2) is 48.5 Å². The van der Waals surface area contributed by atoms with E-state index < -0.39 is 23.5 Å². The van der Waals surface area contributed by atoms with Crippen LogP contribution in [0.4, 0.5) is 0 Å². The molecule has 0 aromatic heterocycles. The molecule has 0 aliphatic rings. The fraction of sp³-hybridized carbons (Fsp3) is 0.0588. The van der Waals surface area contributed by atoms with Gasteiger partial charge in [0.05, 0.1) is 7.11 Å². The molecule has 24 heavy (non-hydrogen) atoms. The third kappa shape index (κ3) is 3.83. The second kappa shape index (κ2) is 7.19. The molecule has 0 radical (unpaired) electrons. The first-order valence-electron chi connectivity index (χ1n) is 6.70. The molecule has 0 atom stereocenters. The van der Waals surface area contributed by atoms with Crippen molar-refractivity contribution >= 4 is 23.5 Å². The summed E-state index contributed by atoms with van der Waals surface area (Å²) in [7, 11) is 1.12. The smallest absolute Gasteiger partial charge is 0.379 e. The van der Waals surface area contributed by atoms with E-state index in [1.54, 1.807) is 0 Å². The largest absolute Gasteiger partial charge is 0.475 e. The fourth-order valence-corrected chi connectivity index (χ4v) is 1.82. The normalized spacial score (nSPS) is 9.88. The Kier molecular flexibility index (Phi) is 5.06. The highest BCUT2D eigenvalue weighted by atomic mass is 16.5. The molecule has 0 saturated heterocycles. The SMILES string of the molecule is COC(=O)C(=O)c1ccc(Oc2ccc(C(=O)C(=O)O)cc2)cc1.